The van der Waals surface area contributed by atoms with Crippen LogP contribution in [0.25, 0.3) is 10.9 Å². The summed E-state index contributed by atoms with van der Waals surface area (Å²) in [5.74, 6) is -0.942. The van der Waals surface area contributed by atoms with Crippen LogP contribution in [0, 0.1) is 11.3 Å². The number of benzene rings is 1. The third-order valence-corrected chi connectivity index (χ3v) is 5.90. The van der Waals surface area contributed by atoms with E-state index in [1.54, 1.807) is 23.1 Å². The van der Waals surface area contributed by atoms with E-state index in [-0.39, 0.29) is 29.2 Å². The molecule has 1 saturated heterocycles. The Balaban J connectivity index is 1.36. The maximum atomic E-state index is 12.5. The second kappa shape index (κ2) is 6.23. The SMILES string of the molecule is O=C(O)C1CC12CCN(C(=O)CCn1cnc3ccccc3c1=O)CC2. The normalized spacial score (nSPS) is 21.1. The second-order valence-corrected chi connectivity index (χ2v) is 7.35. The number of hydrogen-bond acceptors (Lipinski definition) is 4. The van der Waals surface area contributed by atoms with Gasteiger partial charge in [-0.25, -0.2) is 4.98 Å². The van der Waals surface area contributed by atoms with Gasteiger partial charge >= 0.3 is 5.97 Å². The van der Waals surface area contributed by atoms with Gasteiger partial charge in [0.05, 0.1) is 23.1 Å². The first-order chi connectivity index (χ1) is 12.5. The number of hydrogen-bond donors (Lipinski definition) is 1. The molecule has 1 amide bonds. The van der Waals surface area contributed by atoms with E-state index in [0.29, 0.717) is 30.5 Å². The van der Waals surface area contributed by atoms with Crippen molar-refractivity contribution in [1.29, 1.82) is 0 Å². The number of aromatic nitrogens is 2. The Bertz CT molecular complexity index is 928. The fraction of sp³-hybridized carbons (Fsp3) is 0.474. The first-order valence-electron chi connectivity index (χ1n) is 8.95. The first-order valence-corrected chi connectivity index (χ1v) is 8.95. The van der Waals surface area contributed by atoms with Crippen LogP contribution in [0.2, 0.25) is 0 Å². The first kappa shape index (κ1) is 16.8. The minimum Gasteiger partial charge on any atom is -0.481 e. The number of aryl methyl sites for hydroxylation is 1. The largest absolute Gasteiger partial charge is 0.481 e. The number of piperidine rings is 1. The fourth-order valence-corrected chi connectivity index (χ4v) is 4.09. The summed E-state index contributed by atoms with van der Waals surface area (Å²) in [4.78, 5) is 42.1. The molecule has 1 unspecified atom stereocenters. The predicted molar refractivity (Wildman–Crippen MR) is 94.6 cm³/mol. The molecule has 1 aromatic carbocycles. The number of carboxylic acids is 1. The maximum absolute atomic E-state index is 12.5. The minimum atomic E-state index is -0.715. The van der Waals surface area contributed by atoms with Gasteiger partial charge in [0, 0.05) is 26.1 Å². The molecule has 0 bridgehead atoms. The molecule has 2 aliphatic rings. The van der Waals surface area contributed by atoms with Crippen LogP contribution < -0.4 is 5.56 Å². The monoisotopic (exact) mass is 355 g/mol. The van der Waals surface area contributed by atoms with Crippen LogP contribution in [0.5, 0.6) is 0 Å². The quantitative estimate of drug-likeness (QED) is 0.897. The summed E-state index contributed by atoms with van der Waals surface area (Å²) in [5.41, 5.74) is 0.434. The van der Waals surface area contributed by atoms with Gasteiger partial charge in [0.15, 0.2) is 0 Å². The zero-order chi connectivity index (χ0) is 18.3. The molecule has 2 fully saturated rings. The number of para-hydroxylation sites is 1. The van der Waals surface area contributed by atoms with Gasteiger partial charge in [-0.05, 0) is 36.8 Å². The van der Waals surface area contributed by atoms with E-state index in [1.165, 1.54) is 10.9 Å². The van der Waals surface area contributed by atoms with E-state index in [9.17, 15) is 14.4 Å². The van der Waals surface area contributed by atoms with Crippen LogP contribution in [0.15, 0.2) is 35.4 Å². The minimum absolute atomic E-state index is 0.00688. The highest BCUT2D eigenvalue weighted by Crippen LogP contribution is 2.59. The summed E-state index contributed by atoms with van der Waals surface area (Å²) in [6.45, 7) is 1.51. The number of fused-ring (bicyclic) bond motifs is 1. The molecule has 0 radical (unpaired) electrons. The van der Waals surface area contributed by atoms with Crippen molar-refractivity contribution < 1.29 is 14.7 Å². The molecule has 1 N–H and O–H groups in total. The number of nitrogens with zero attached hydrogens (tertiary/aromatic N) is 3. The Morgan fingerprint density at radius 1 is 1.23 bits per heavy atom. The highest BCUT2D eigenvalue weighted by atomic mass is 16.4. The lowest BCUT2D eigenvalue weighted by Crippen LogP contribution is -2.40. The molecule has 1 aliphatic carbocycles. The number of rotatable bonds is 4. The maximum Gasteiger partial charge on any atom is 0.307 e. The van der Waals surface area contributed by atoms with Crippen molar-refractivity contribution in [2.24, 2.45) is 11.3 Å². The van der Waals surface area contributed by atoms with Gasteiger partial charge in [0.2, 0.25) is 5.91 Å². The topological polar surface area (TPSA) is 92.5 Å². The Hall–Kier alpha value is -2.70. The molecule has 1 atom stereocenters. The average molecular weight is 355 g/mol. The smallest absolute Gasteiger partial charge is 0.307 e. The molecule has 2 aromatic rings. The van der Waals surface area contributed by atoms with Gasteiger partial charge in [0.25, 0.3) is 5.56 Å². The van der Waals surface area contributed by atoms with Gasteiger partial charge in [-0.15, -0.1) is 0 Å². The van der Waals surface area contributed by atoms with E-state index < -0.39 is 5.97 Å². The molecule has 1 spiro atoms. The van der Waals surface area contributed by atoms with Gasteiger partial charge in [-0.1, -0.05) is 12.1 Å². The van der Waals surface area contributed by atoms with Crippen molar-refractivity contribution in [3.05, 3.63) is 40.9 Å². The van der Waals surface area contributed by atoms with E-state index in [2.05, 4.69) is 4.98 Å². The molecule has 1 saturated carbocycles. The van der Waals surface area contributed by atoms with Crippen molar-refractivity contribution >= 4 is 22.8 Å². The molecule has 7 heteroatoms. The summed E-state index contributed by atoms with van der Waals surface area (Å²) in [5, 5.41) is 9.69. The fourth-order valence-electron chi connectivity index (χ4n) is 4.09. The summed E-state index contributed by atoms with van der Waals surface area (Å²) < 4.78 is 1.48. The zero-order valence-electron chi connectivity index (χ0n) is 14.4. The molecule has 7 nitrogen and oxygen atoms in total. The lowest BCUT2D eigenvalue weighted by molar-refractivity contribution is -0.139. The average Bonchev–Trinajstić information content (AvgIpc) is 3.35. The van der Waals surface area contributed by atoms with Gasteiger partial charge in [-0.3, -0.25) is 19.0 Å². The number of carbonyl (C=O) groups excluding carboxylic acids is 1. The number of carbonyl (C=O) groups is 2. The van der Waals surface area contributed by atoms with Crippen LogP contribution in [-0.4, -0.2) is 44.5 Å². The molecule has 1 aliphatic heterocycles. The van der Waals surface area contributed by atoms with Crippen molar-refractivity contribution in [1.82, 2.24) is 14.5 Å². The lowest BCUT2D eigenvalue weighted by atomic mass is 9.90. The summed E-state index contributed by atoms with van der Waals surface area (Å²) >= 11 is 0. The number of aliphatic carboxylic acids is 1. The Morgan fingerprint density at radius 2 is 1.96 bits per heavy atom. The van der Waals surface area contributed by atoms with Crippen LogP contribution in [0.4, 0.5) is 0 Å². The van der Waals surface area contributed by atoms with Crippen molar-refractivity contribution in [3.8, 4) is 0 Å². The van der Waals surface area contributed by atoms with Gasteiger partial charge in [-0.2, -0.15) is 0 Å². The molecular weight excluding hydrogens is 334 g/mol. The van der Waals surface area contributed by atoms with Crippen molar-refractivity contribution in [3.63, 3.8) is 0 Å². The second-order valence-electron chi connectivity index (χ2n) is 7.35. The van der Waals surface area contributed by atoms with Crippen molar-refractivity contribution in [2.45, 2.75) is 32.2 Å². The highest BCUT2D eigenvalue weighted by molar-refractivity contribution is 5.78. The summed E-state index contributed by atoms with van der Waals surface area (Å²) in [6.07, 6.45) is 3.99. The van der Waals surface area contributed by atoms with Gasteiger partial charge in [0.1, 0.15) is 0 Å². The van der Waals surface area contributed by atoms with Crippen molar-refractivity contribution in [2.75, 3.05) is 13.1 Å². The third-order valence-electron chi connectivity index (χ3n) is 5.90. The van der Waals surface area contributed by atoms with Gasteiger partial charge < -0.3 is 10.0 Å². The molecule has 4 rings (SSSR count). The standard InChI is InChI=1S/C19H21N3O4/c23-16(21-9-6-19(7-10-21)11-14(19)18(25)26)5-8-22-12-20-15-4-2-1-3-13(15)17(22)24/h1-4,12,14H,5-11H2,(H,25,26). The lowest BCUT2D eigenvalue weighted by Gasteiger charge is -2.32. The molecule has 136 valence electrons. The number of carboxylic acid groups (broad SMARTS) is 1. The van der Waals surface area contributed by atoms with E-state index in [0.717, 1.165) is 19.3 Å². The van der Waals surface area contributed by atoms with Crippen LogP contribution in [0.3, 0.4) is 0 Å². The molecular formula is C19H21N3O4. The summed E-state index contributed by atoms with van der Waals surface area (Å²) in [6, 6.07) is 7.16. The van der Waals surface area contributed by atoms with Crippen LogP contribution in [0.1, 0.15) is 25.7 Å². The summed E-state index contributed by atoms with van der Waals surface area (Å²) in [7, 11) is 0. The molecule has 2 heterocycles. The molecule has 26 heavy (non-hydrogen) atoms. The Kier molecular flexibility index (Phi) is 4.01. The number of amides is 1. The Labute approximate surface area is 150 Å². The Morgan fingerprint density at radius 3 is 2.65 bits per heavy atom. The zero-order valence-corrected chi connectivity index (χ0v) is 14.4. The van der Waals surface area contributed by atoms with E-state index in [1.807, 2.05) is 6.07 Å². The predicted octanol–water partition coefficient (Wildman–Crippen LogP) is 1.50. The molecule has 1 aromatic heterocycles. The highest BCUT2D eigenvalue weighted by Gasteiger charge is 2.59. The third kappa shape index (κ3) is 2.87. The van der Waals surface area contributed by atoms with E-state index >= 15 is 0 Å². The van der Waals surface area contributed by atoms with Crippen LogP contribution >= 0.6 is 0 Å². The van der Waals surface area contributed by atoms with Crippen LogP contribution in [-0.2, 0) is 16.1 Å². The van der Waals surface area contributed by atoms with E-state index in [4.69, 9.17) is 5.11 Å². The number of likely N-dealkylation sites (tertiary alicyclic amines) is 1.